The lowest BCUT2D eigenvalue weighted by Crippen LogP contribution is -2.53. The third-order valence-corrected chi connectivity index (χ3v) is 5.23. The van der Waals surface area contributed by atoms with E-state index in [4.69, 9.17) is 0 Å². The number of guanidine groups is 1. The molecule has 3 rings (SSSR count). The average molecular weight is 570 g/mol. The van der Waals surface area contributed by atoms with Crippen molar-refractivity contribution in [3.8, 4) is 0 Å². The molecule has 2 aromatic rings. The molecule has 1 N–H and O–H groups in total. The number of carbonyl (C=O) groups is 1. The molecule has 1 saturated heterocycles. The summed E-state index contributed by atoms with van der Waals surface area (Å²) in [6.45, 7) is 2.85. The molecule has 2 aromatic carbocycles. The summed E-state index contributed by atoms with van der Waals surface area (Å²) in [6, 6.07) is 12.9. The standard InChI is InChI=1S/C22H27FN6O3.HI/c1-26(2)21(30)16-25-22(24-15-17-7-9-18(10-8-17)29(31)32)28-13-11-27(12-14-28)20-6-4-3-5-19(20)23;/h3-10H,11-16H2,1-2H3,(H,24,25);1H. The first kappa shape index (κ1) is 26.3. The quantitative estimate of drug-likeness (QED) is 0.189. The lowest BCUT2D eigenvalue weighted by Gasteiger charge is -2.37. The highest BCUT2D eigenvalue weighted by molar-refractivity contribution is 14.0. The zero-order valence-corrected chi connectivity index (χ0v) is 20.9. The van der Waals surface area contributed by atoms with Gasteiger partial charge in [-0.15, -0.1) is 24.0 Å². The largest absolute Gasteiger partial charge is 0.366 e. The van der Waals surface area contributed by atoms with Crippen molar-refractivity contribution in [2.75, 3.05) is 51.7 Å². The fraction of sp³-hybridized carbons (Fsp3) is 0.364. The monoisotopic (exact) mass is 570 g/mol. The topological polar surface area (TPSA) is 94.3 Å². The van der Waals surface area contributed by atoms with Crippen LogP contribution in [0.3, 0.4) is 0 Å². The van der Waals surface area contributed by atoms with Gasteiger partial charge in [-0.05, 0) is 17.7 Å². The van der Waals surface area contributed by atoms with E-state index < -0.39 is 4.92 Å². The normalized spacial score (nSPS) is 13.8. The van der Waals surface area contributed by atoms with E-state index in [0.717, 1.165) is 5.56 Å². The zero-order chi connectivity index (χ0) is 23.1. The van der Waals surface area contributed by atoms with Crippen LogP contribution in [0.4, 0.5) is 15.8 Å². The van der Waals surface area contributed by atoms with E-state index >= 15 is 0 Å². The Balaban J connectivity index is 0.00000385. The van der Waals surface area contributed by atoms with Crippen LogP contribution in [-0.2, 0) is 11.3 Å². The Labute approximate surface area is 209 Å². The first-order chi connectivity index (χ1) is 15.3. The van der Waals surface area contributed by atoms with Gasteiger partial charge in [-0.3, -0.25) is 14.9 Å². The predicted octanol–water partition coefficient (Wildman–Crippen LogP) is 2.71. The molecule has 0 aliphatic carbocycles. The average Bonchev–Trinajstić information content (AvgIpc) is 2.79. The molecule has 0 bridgehead atoms. The van der Waals surface area contributed by atoms with Crippen LogP contribution >= 0.6 is 24.0 Å². The first-order valence-electron chi connectivity index (χ1n) is 10.3. The van der Waals surface area contributed by atoms with Crippen LogP contribution in [0.15, 0.2) is 53.5 Å². The molecule has 0 saturated carbocycles. The summed E-state index contributed by atoms with van der Waals surface area (Å²) in [6.07, 6.45) is 0. The minimum atomic E-state index is -0.443. The Bertz CT molecular complexity index is 978. The number of halogens is 2. The molecule has 33 heavy (non-hydrogen) atoms. The Morgan fingerprint density at radius 2 is 1.76 bits per heavy atom. The maximum absolute atomic E-state index is 14.1. The van der Waals surface area contributed by atoms with E-state index in [1.165, 1.54) is 23.1 Å². The first-order valence-corrected chi connectivity index (χ1v) is 10.3. The molecule has 178 valence electrons. The highest BCUT2D eigenvalue weighted by Crippen LogP contribution is 2.20. The van der Waals surface area contributed by atoms with E-state index in [2.05, 4.69) is 10.3 Å². The van der Waals surface area contributed by atoms with E-state index in [0.29, 0.717) is 44.4 Å². The van der Waals surface area contributed by atoms with Crippen LogP contribution in [0.5, 0.6) is 0 Å². The Morgan fingerprint density at radius 3 is 2.33 bits per heavy atom. The van der Waals surface area contributed by atoms with Crippen LogP contribution in [-0.4, -0.2) is 73.4 Å². The van der Waals surface area contributed by atoms with Gasteiger partial charge in [0, 0.05) is 52.4 Å². The van der Waals surface area contributed by atoms with Crippen molar-refractivity contribution in [2.24, 2.45) is 4.99 Å². The van der Waals surface area contributed by atoms with Gasteiger partial charge in [0.25, 0.3) is 5.69 Å². The van der Waals surface area contributed by atoms with Crippen molar-refractivity contribution in [1.82, 2.24) is 15.1 Å². The van der Waals surface area contributed by atoms with Crippen LogP contribution in [0, 0.1) is 15.9 Å². The number of anilines is 1. The third-order valence-electron chi connectivity index (χ3n) is 5.23. The van der Waals surface area contributed by atoms with Gasteiger partial charge in [0.05, 0.1) is 23.7 Å². The van der Waals surface area contributed by atoms with E-state index in [1.54, 1.807) is 38.4 Å². The number of likely N-dealkylation sites (N-methyl/N-ethyl adjacent to an activating group) is 1. The Hall–Kier alpha value is -2.96. The van der Waals surface area contributed by atoms with Crippen LogP contribution in [0.2, 0.25) is 0 Å². The van der Waals surface area contributed by atoms with Gasteiger partial charge in [0.2, 0.25) is 5.91 Å². The molecule has 1 fully saturated rings. The van der Waals surface area contributed by atoms with Crippen LogP contribution < -0.4 is 10.2 Å². The number of carbonyl (C=O) groups excluding carboxylic acids is 1. The summed E-state index contributed by atoms with van der Waals surface area (Å²) in [5.41, 5.74) is 1.42. The molecule has 0 aromatic heterocycles. The molecular weight excluding hydrogens is 542 g/mol. The van der Waals surface area contributed by atoms with Gasteiger partial charge >= 0.3 is 0 Å². The van der Waals surface area contributed by atoms with E-state index in [-0.39, 0.29) is 47.9 Å². The number of hydrogen-bond donors (Lipinski definition) is 1. The number of nitro benzene ring substituents is 1. The van der Waals surface area contributed by atoms with Crippen molar-refractivity contribution in [1.29, 1.82) is 0 Å². The summed E-state index contributed by atoms with van der Waals surface area (Å²) in [5.74, 6) is 0.243. The fourth-order valence-electron chi connectivity index (χ4n) is 3.34. The van der Waals surface area contributed by atoms with Gasteiger partial charge in [-0.2, -0.15) is 0 Å². The van der Waals surface area contributed by atoms with Crippen LogP contribution in [0.25, 0.3) is 0 Å². The van der Waals surface area contributed by atoms with Crippen molar-refractivity contribution >= 4 is 47.2 Å². The summed E-state index contributed by atoms with van der Waals surface area (Å²) >= 11 is 0. The molecule has 9 nitrogen and oxygen atoms in total. The van der Waals surface area contributed by atoms with Gasteiger partial charge in [0.1, 0.15) is 5.82 Å². The second kappa shape index (κ2) is 12.3. The molecule has 11 heteroatoms. The Kier molecular flexibility index (Phi) is 9.82. The molecule has 0 spiro atoms. The molecule has 0 radical (unpaired) electrons. The minimum Gasteiger partial charge on any atom is -0.366 e. The number of nitro groups is 1. The number of piperazine rings is 1. The number of aliphatic imine (C=N–C) groups is 1. The fourth-order valence-corrected chi connectivity index (χ4v) is 3.34. The summed E-state index contributed by atoms with van der Waals surface area (Å²) in [5, 5.41) is 14.0. The number of para-hydroxylation sites is 1. The van der Waals surface area contributed by atoms with E-state index in [9.17, 15) is 19.3 Å². The SMILES string of the molecule is CN(C)C(=O)CNC(=NCc1ccc([N+](=O)[O-])cc1)N1CCN(c2ccccc2F)CC1.I. The summed E-state index contributed by atoms with van der Waals surface area (Å²) in [4.78, 5) is 32.6. The molecule has 0 unspecified atom stereocenters. The van der Waals surface area contributed by atoms with Crippen molar-refractivity contribution in [2.45, 2.75) is 6.54 Å². The molecule has 1 heterocycles. The molecule has 1 aliphatic heterocycles. The number of amides is 1. The maximum atomic E-state index is 14.1. The highest BCUT2D eigenvalue weighted by atomic mass is 127. The minimum absolute atomic E-state index is 0. The number of benzene rings is 2. The van der Waals surface area contributed by atoms with Crippen molar-refractivity contribution in [3.63, 3.8) is 0 Å². The lowest BCUT2D eigenvalue weighted by atomic mass is 10.2. The molecule has 1 aliphatic rings. The molecule has 0 atom stereocenters. The van der Waals surface area contributed by atoms with Gasteiger partial charge < -0.3 is 20.0 Å². The second-order valence-electron chi connectivity index (χ2n) is 7.63. The Morgan fingerprint density at radius 1 is 1.12 bits per heavy atom. The van der Waals surface area contributed by atoms with Gasteiger partial charge in [-0.25, -0.2) is 9.38 Å². The van der Waals surface area contributed by atoms with Gasteiger partial charge in [0.15, 0.2) is 5.96 Å². The summed E-state index contributed by atoms with van der Waals surface area (Å²) in [7, 11) is 3.37. The second-order valence-corrected chi connectivity index (χ2v) is 7.63. The molecular formula is C22H28FIN6O3. The number of rotatable bonds is 6. The zero-order valence-electron chi connectivity index (χ0n) is 18.6. The predicted molar refractivity (Wildman–Crippen MR) is 137 cm³/mol. The van der Waals surface area contributed by atoms with E-state index in [1.807, 2.05) is 15.9 Å². The summed E-state index contributed by atoms with van der Waals surface area (Å²) < 4.78 is 14.1. The van der Waals surface area contributed by atoms with Crippen molar-refractivity contribution < 1.29 is 14.1 Å². The highest BCUT2D eigenvalue weighted by Gasteiger charge is 2.22. The third kappa shape index (κ3) is 7.27. The number of hydrogen-bond acceptors (Lipinski definition) is 5. The number of nitrogens with zero attached hydrogens (tertiary/aromatic N) is 5. The smallest absolute Gasteiger partial charge is 0.269 e. The number of non-ortho nitro benzene ring substituents is 1. The molecule has 1 amide bonds. The van der Waals surface area contributed by atoms with Gasteiger partial charge in [-0.1, -0.05) is 24.3 Å². The van der Waals surface area contributed by atoms with Crippen LogP contribution in [0.1, 0.15) is 5.56 Å². The van der Waals surface area contributed by atoms with Crippen molar-refractivity contribution in [3.05, 3.63) is 70.0 Å². The lowest BCUT2D eigenvalue weighted by molar-refractivity contribution is -0.384. The maximum Gasteiger partial charge on any atom is 0.269 e. The number of nitrogens with one attached hydrogen (secondary N) is 1.